The molecule has 0 fully saturated rings. The second kappa shape index (κ2) is 8.23. The van der Waals surface area contributed by atoms with E-state index in [9.17, 15) is 18.4 Å². The topological polar surface area (TPSA) is 64.6 Å². The number of rotatable bonds is 6. The van der Waals surface area contributed by atoms with Gasteiger partial charge >= 0.3 is 5.97 Å². The molecule has 0 spiro atoms. The highest BCUT2D eigenvalue weighted by Crippen LogP contribution is 2.15. The van der Waals surface area contributed by atoms with Crippen molar-refractivity contribution in [2.45, 2.75) is 12.5 Å². The van der Waals surface area contributed by atoms with Crippen molar-refractivity contribution in [2.24, 2.45) is 0 Å². The summed E-state index contributed by atoms with van der Waals surface area (Å²) in [5.41, 5.74) is 0.498. The standard InChI is InChI=1S/C18H17F2NO4/c1-24-15-5-3-4-11(6-15)7-16(18(23)25-2)21-17(22)12-8-13(19)10-14(20)9-12/h3-6,8-10,16H,7H2,1-2H3,(H,21,22)/t16-/m1/s1. The molecule has 0 heterocycles. The summed E-state index contributed by atoms with van der Waals surface area (Å²) in [4.78, 5) is 24.2. The third-order valence-electron chi connectivity index (χ3n) is 3.49. The van der Waals surface area contributed by atoms with Crippen molar-refractivity contribution in [3.8, 4) is 5.75 Å². The average Bonchev–Trinajstić information content (AvgIpc) is 2.59. The van der Waals surface area contributed by atoms with E-state index in [0.29, 0.717) is 11.8 Å². The molecule has 1 amide bonds. The summed E-state index contributed by atoms with van der Waals surface area (Å²) < 4.78 is 36.3. The number of nitrogens with one attached hydrogen (secondary N) is 1. The van der Waals surface area contributed by atoms with Gasteiger partial charge in [-0.3, -0.25) is 4.79 Å². The summed E-state index contributed by atoms with van der Waals surface area (Å²) in [5.74, 6) is -2.62. The zero-order valence-corrected chi connectivity index (χ0v) is 13.7. The zero-order chi connectivity index (χ0) is 18.4. The van der Waals surface area contributed by atoms with E-state index in [0.717, 1.165) is 17.7 Å². The van der Waals surface area contributed by atoms with Crippen molar-refractivity contribution in [3.63, 3.8) is 0 Å². The van der Waals surface area contributed by atoms with E-state index in [1.807, 2.05) is 0 Å². The molecule has 0 aliphatic heterocycles. The molecule has 2 rings (SSSR count). The second-order valence-electron chi connectivity index (χ2n) is 5.26. The molecule has 25 heavy (non-hydrogen) atoms. The molecule has 0 aliphatic rings. The first-order chi connectivity index (χ1) is 11.9. The summed E-state index contributed by atoms with van der Waals surface area (Å²) in [6, 6.07) is 8.37. The summed E-state index contributed by atoms with van der Waals surface area (Å²) >= 11 is 0. The van der Waals surface area contributed by atoms with Crippen molar-refractivity contribution < 1.29 is 27.8 Å². The van der Waals surface area contributed by atoms with E-state index < -0.39 is 29.6 Å². The van der Waals surface area contributed by atoms with Crippen LogP contribution < -0.4 is 10.1 Å². The summed E-state index contributed by atoms with van der Waals surface area (Å²) in [7, 11) is 2.70. The molecule has 7 heteroatoms. The van der Waals surface area contributed by atoms with Gasteiger partial charge in [0.25, 0.3) is 5.91 Å². The lowest BCUT2D eigenvalue weighted by Crippen LogP contribution is -2.43. The number of esters is 1. The molecule has 0 bridgehead atoms. The van der Waals surface area contributed by atoms with Crippen LogP contribution in [0.25, 0.3) is 0 Å². The van der Waals surface area contributed by atoms with Crippen LogP contribution in [0.15, 0.2) is 42.5 Å². The number of benzene rings is 2. The van der Waals surface area contributed by atoms with E-state index in [2.05, 4.69) is 5.32 Å². The number of halogens is 2. The van der Waals surface area contributed by atoms with Gasteiger partial charge in [0.15, 0.2) is 0 Å². The molecule has 5 nitrogen and oxygen atoms in total. The molecular formula is C18H17F2NO4. The zero-order valence-electron chi connectivity index (χ0n) is 13.7. The maximum Gasteiger partial charge on any atom is 0.328 e. The van der Waals surface area contributed by atoms with Crippen LogP contribution in [0.3, 0.4) is 0 Å². The minimum absolute atomic E-state index is 0.132. The van der Waals surface area contributed by atoms with Gasteiger partial charge < -0.3 is 14.8 Å². The van der Waals surface area contributed by atoms with Crippen LogP contribution >= 0.6 is 0 Å². The number of amides is 1. The van der Waals surface area contributed by atoms with Crippen molar-refractivity contribution in [3.05, 3.63) is 65.2 Å². The first-order valence-corrected chi connectivity index (χ1v) is 7.40. The lowest BCUT2D eigenvalue weighted by atomic mass is 10.0. The Balaban J connectivity index is 2.19. The number of ether oxygens (including phenoxy) is 2. The highest BCUT2D eigenvalue weighted by Gasteiger charge is 2.23. The molecule has 0 unspecified atom stereocenters. The Morgan fingerprint density at radius 3 is 2.36 bits per heavy atom. The Bertz CT molecular complexity index is 759. The highest BCUT2D eigenvalue weighted by molar-refractivity contribution is 5.96. The minimum Gasteiger partial charge on any atom is -0.497 e. The van der Waals surface area contributed by atoms with Crippen LogP contribution in [0.4, 0.5) is 8.78 Å². The fourth-order valence-electron chi connectivity index (χ4n) is 2.30. The van der Waals surface area contributed by atoms with Crippen molar-refractivity contribution in [1.82, 2.24) is 5.32 Å². The summed E-state index contributed by atoms with van der Waals surface area (Å²) in [5, 5.41) is 2.44. The van der Waals surface area contributed by atoms with Gasteiger partial charge in [0, 0.05) is 18.1 Å². The molecule has 132 valence electrons. The third kappa shape index (κ3) is 5.00. The molecular weight excluding hydrogens is 332 g/mol. The predicted molar refractivity (Wildman–Crippen MR) is 86.3 cm³/mol. The Labute approximate surface area is 143 Å². The van der Waals surface area contributed by atoms with Gasteiger partial charge in [-0.25, -0.2) is 13.6 Å². The lowest BCUT2D eigenvalue weighted by molar-refractivity contribution is -0.142. The van der Waals surface area contributed by atoms with Crippen molar-refractivity contribution in [1.29, 1.82) is 0 Å². The second-order valence-corrected chi connectivity index (χ2v) is 5.26. The molecule has 0 radical (unpaired) electrons. The van der Waals surface area contributed by atoms with Crippen LogP contribution in [0.2, 0.25) is 0 Å². The molecule has 0 saturated heterocycles. The first-order valence-electron chi connectivity index (χ1n) is 7.40. The number of hydrogen-bond acceptors (Lipinski definition) is 4. The van der Waals surface area contributed by atoms with Gasteiger partial charge in [-0.15, -0.1) is 0 Å². The van der Waals surface area contributed by atoms with E-state index in [1.165, 1.54) is 14.2 Å². The van der Waals surface area contributed by atoms with Gasteiger partial charge in [-0.05, 0) is 29.8 Å². The van der Waals surface area contributed by atoms with Gasteiger partial charge in [-0.2, -0.15) is 0 Å². The quantitative estimate of drug-likeness (QED) is 0.814. The van der Waals surface area contributed by atoms with E-state index in [1.54, 1.807) is 24.3 Å². The van der Waals surface area contributed by atoms with Gasteiger partial charge in [-0.1, -0.05) is 12.1 Å². The Kier molecular flexibility index (Phi) is 6.05. The van der Waals surface area contributed by atoms with Crippen LogP contribution in [-0.4, -0.2) is 32.1 Å². The fraction of sp³-hybridized carbons (Fsp3) is 0.222. The van der Waals surface area contributed by atoms with Gasteiger partial charge in [0.2, 0.25) is 0 Å². The Hall–Kier alpha value is -2.96. The molecule has 2 aromatic carbocycles. The maximum absolute atomic E-state index is 13.3. The molecule has 0 aliphatic carbocycles. The molecule has 2 aromatic rings. The Morgan fingerprint density at radius 2 is 1.76 bits per heavy atom. The lowest BCUT2D eigenvalue weighted by Gasteiger charge is -2.17. The number of methoxy groups -OCH3 is 2. The predicted octanol–water partition coefficient (Wildman–Crippen LogP) is 2.49. The molecule has 0 aromatic heterocycles. The molecule has 1 atom stereocenters. The largest absolute Gasteiger partial charge is 0.497 e. The summed E-state index contributed by atoms with van der Waals surface area (Å²) in [6.45, 7) is 0. The highest BCUT2D eigenvalue weighted by atomic mass is 19.1. The monoisotopic (exact) mass is 349 g/mol. The van der Waals surface area contributed by atoms with Crippen LogP contribution in [0, 0.1) is 11.6 Å². The van der Waals surface area contributed by atoms with E-state index in [4.69, 9.17) is 9.47 Å². The average molecular weight is 349 g/mol. The summed E-state index contributed by atoms with van der Waals surface area (Å²) in [6.07, 6.45) is 0.132. The van der Waals surface area contributed by atoms with Crippen LogP contribution in [0.1, 0.15) is 15.9 Å². The number of carbonyl (C=O) groups excluding carboxylic acids is 2. The third-order valence-corrected chi connectivity index (χ3v) is 3.49. The Morgan fingerprint density at radius 1 is 1.08 bits per heavy atom. The normalized spacial score (nSPS) is 11.5. The van der Waals surface area contributed by atoms with Crippen molar-refractivity contribution >= 4 is 11.9 Å². The maximum atomic E-state index is 13.3. The van der Waals surface area contributed by atoms with Gasteiger partial charge in [0.1, 0.15) is 23.4 Å². The minimum atomic E-state index is -1.02. The number of carbonyl (C=O) groups is 2. The van der Waals surface area contributed by atoms with Crippen LogP contribution in [-0.2, 0) is 16.0 Å². The van der Waals surface area contributed by atoms with Crippen LogP contribution in [0.5, 0.6) is 5.75 Å². The fourth-order valence-corrected chi connectivity index (χ4v) is 2.30. The van der Waals surface area contributed by atoms with Gasteiger partial charge in [0.05, 0.1) is 14.2 Å². The SMILES string of the molecule is COC(=O)[C@@H](Cc1cccc(OC)c1)NC(=O)c1cc(F)cc(F)c1. The van der Waals surface area contributed by atoms with E-state index in [-0.39, 0.29) is 12.0 Å². The molecule has 1 N–H and O–H groups in total. The van der Waals surface area contributed by atoms with Crippen molar-refractivity contribution in [2.75, 3.05) is 14.2 Å². The number of hydrogen-bond donors (Lipinski definition) is 1. The van der Waals surface area contributed by atoms with E-state index >= 15 is 0 Å². The molecule has 0 saturated carbocycles. The first kappa shape index (κ1) is 18.4. The smallest absolute Gasteiger partial charge is 0.328 e.